The Kier molecular flexibility index (Phi) is 3.55. The summed E-state index contributed by atoms with van der Waals surface area (Å²) in [6, 6.07) is 6.43. The molecule has 0 aliphatic heterocycles. The molecule has 1 aromatic heterocycles. The van der Waals surface area contributed by atoms with E-state index < -0.39 is 0 Å². The lowest BCUT2D eigenvalue weighted by Crippen LogP contribution is -2.13. The Morgan fingerprint density at radius 2 is 1.94 bits per heavy atom. The van der Waals surface area contributed by atoms with E-state index in [2.05, 4.69) is 0 Å². The van der Waals surface area contributed by atoms with Gasteiger partial charge < -0.3 is 4.57 Å². The van der Waals surface area contributed by atoms with Crippen molar-refractivity contribution in [3.63, 3.8) is 0 Å². The quantitative estimate of drug-likeness (QED) is 0.793. The van der Waals surface area contributed by atoms with Crippen molar-refractivity contribution in [2.75, 3.05) is 0 Å². The molecule has 0 fully saturated rings. The van der Waals surface area contributed by atoms with Crippen molar-refractivity contribution >= 4 is 29.5 Å². The van der Waals surface area contributed by atoms with Gasteiger partial charge in [-0.2, -0.15) is 0 Å². The molecule has 2 aromatic rings. The molecule has 5 heteroatoms. The Bertz CT molecular complexity index is 677. The molecule has 92 valence electrons. The number of aryl methyl sites for hydroxylation is 1. The summed E-state index contributed by atoms with van der Waals surface area (Å²) in [6.07, 6.45) is 2.00. The van der Waals surface area contributed by atoms with Gasteiger partial charge in [0, 0.05) is 23.0 Å². The molecular weight excluding hydrogens is 273 g/mol. The van der Waals surface area contributed by atoms with E-state index >= 15 is 0 Å². The van der Waals surface area contributed by atoms with Crippen molar-refractivity contribution in [2.45, 2.75) is 6.92 Å². The van der Waals surface area contributed by atoms with Crippen molar-refractivity contribution in [1.82, 2.24) is 4.57 Å². The predicted molar refractivity (Wildman–Crippen MR) is 72.2 cm³/mol. The van der Waals surface area contributed by atoms with Gasteiger partial charge in [-0.15, -0.1) is 0 Å². The average Bonchev–Trinajstić information content (AvgIpc) is 2.30. The van der Waals surface area contributed by atoms with E-state index in [9.17, 15) is 9.59 Å². The van der Waals surface area contributed by atoms with Crippen LogP contribution in [0.3, 0.4) is 0 Å². The van der Waals surface area contributed by atoms with Crippen molar-refractivity contribution < 1.29 is 4.79 Å². The third-order valence-corrected chi connectivity index (χ3v) is 3.11. The van der Waals surface area contributed by atoms with Gasteiger partial charge in [-0.25, -0.2) is 0 Å². The summed E-state index contributed by atoms with van der Waals surface area (Å²) < 4.78 is 1.68. The number of aldehydes is 1. The number of pyridine rings is 1. The van der Waals surface area contributed by atoms with Crippen LogP contribution in [0, 0.1) is 6.92 Å². The van der Waals surface area contributed by atoms with Crippen molar-refractivity contribution in [3.8, 4) is 5.69 Å². The fourth-order valence-electron chi connectivity index (χ4n) is 1.67. The van der Waals surface area contributed by atoms with E-state index in [-0.39, 0.29) is 11.0 Å². The zero-order chi connectivity index (χ0) is 13.3. The molecule has 0 atom stereocenters. The molecule has 0 aliphatic rings. The standard InChI is InChI=1S/C13H9Cl2NO2/c1-8-4-13(18)9(7-17)6-16(8)12-3-2-10(14)5-11(12)15/h2-7H,1H3. The fraction of sp³-hybridized carbons (Fsp3) is 0.0769. The third-order valence-electron chi connectivity index (χ3n) is 2.57. The van der Waals surface area contributed by atoms with Crippen LogP contribution in [-0.2, 0) is 0 Å². The van der Waals surface area contributed by atoms with Gasteiger partial charge in [0.25, 0.3) is 0 Å². The van der Waals surface area contributed by atoms with Crippen LogP contribution in [0.4, 0.5) is 0 Å². The van der Waals surface area contributed by atoms with Gasteiger partial charge in [-0.3, -0.25) is 9.59 Å². The first-order valence-corrected chi connectivity index (χ1v) is 5.92. The normalized spacial score (nSPS) is 10.4. The molecule has 0 amide bonds. The topological polar surface area (TPSA) is 39.1 Å². The molecule has 0 radical (unpaired) electrons. The monoisotopic (exact) mass is 281 g/mol. The fourth-order valence-corrected chi connectivity index (χ4v) is 2.17. The molecule has 0 unspecified atom stereocenters. The maximum Gasteiger partial charge on any atom is 0.192 e. The van der Waals surface area contributed by atoms with E-state index in [4.69, 9.17) is 23.2 Å². The van der Waals surface area contributed by atoms with Crippen LogP contribution < -0.4 is 5.43 Å². The molecule has 1 aromatic carbocycles. The second-order valence-corrected chi connectivity index (χ2v) is 4.66. The first kappa shape index (κ1) is 12.9. The van der Waals surface area contributed by atoms with Gasteiger partial charge in [-0.1, -0.05) is 23.2 Å². The Labute approximate surface area is 114 Å². The summed E-state index contributed by atoms with van der Waals surface area (Å²) >= 11 is 11.9. The summed E-state index contributed by atoms with van der Waals surface area (Å²) in [6.45, 7) is 1.76. The molecule has 3 nitrogen and oxygen atoms in total. The van der Waals surface area contributed by atoms with Crippen LogP contribution >= 0.6 is 23.2 Å². The summed E-state index contributed by atoms with van der Waals surface area (Å²) in [5, 5.41) is 0.976. The molecule has 0 saturated heterocycles. The highest BCUT2D eigenvalue weighted by Gasteiger charge is 2.08. The maximum atomic E-state index is 11.5. The number of halogens is 2. The zero-order valence-electron chi connectivity index (χ0n) is 9.48. The highest BCUT2D eigenvalue weighted by Crippen LogP contribution is 2.25. The number of carbonyl (C=O) groups excluding carboxylic acids is 1. The van der Waals surface area contributed by atoms with E-state index in [0.29, 0.717) is 27.7 Å². The highest BCUT2D eigenvalue weighted by molar-refractivity contribution is 6.35. The Hall–Kier alpha value is -1.58. The molecule has 0 spiro atoms. The second kappa shape index (κ2) is 4.96. The maximum absolute atomic E-state index is 11.5. The Morgan fingerprint density at radius 1 is 1.22 bits per heavy atom. The summed E-state index contributed by atoms with van der Waals surface area (Å²) in [4.78, 5) is 22.3. The van der Waals surface area contributed by atoms with Crippen LogP contribution in [0.2, 0.25) is 10.0 Å². The van der Waals surface area contributed by atoms with Gasteiger partial charge in [-0.05, 0) is 25.1 Å². The largest absolute Gasteiger partial charge is 0.319 e. The molecule has 0 saturated carbocycles. The summed E-state index contributed by atoms with van der Waals surface area (Å²) in [5.74, 6) is 0. The van der Waals surface area contributed by atoms with Crippen molar-refractivity contribution in [1.29, 1.82) is 0 Å². The van der Waals surface area contributed by atoms with Crippen LogP contribution in [-0.4, -0.2) is 10.9 Å². The van der Waals surface area contributed by atoms with Crippen LogP contribution in [0.25, 0.3) is 5.69 Å². The first-order chi connectivity index (χ1) is 8.52. The van der Waals surface area contributed by atoms with Crippen LogP contribution in [0.1, 0.15) is 16.1 Å². The molecule has 0 bridgehead atoms. The zero-order valence-corrected chi connectivity index (χ0v) is 11.0. The molecule has 2 rings (SSSR count). The molecule has 1 heterocycles. The minimum absolute atomic E-state index is 0.0895. The highest BCUT2D eigenvalue weighted by atomic mass is 35.5. The number of carbonyl (C=O) groups is 1. The number of hydrogen-bond acceptors (Lipinski definition) is 2. The van der Waals surface area contributed by atoms with Gasteiger partial charge in [0.2, 0.25) is 0 Å². The molecule has 0 N–H and O–H groups in total. The third kappa shape index (κ3) is 2.33. The lowest BCUT2D eigenvalue weighted by atomic mass is 10.2. The average molecular weight is 282 g/mol. The van der Waals surface area contributed by atoms with E-state index in [1.165, 1.54) is 12.3 Å². The van der Waals surface area contributed by atoms with Crippen molar-refractivity contribution in [2.24, 2.45) is 0 Å². The van der Waals surface area contributed by atoms with E-state index in [0.717, 1.165) is 0 Å². The number of hydrogen-bond donors (Lipinski definition) is 0. The summed E-state index contributed by atoms with van der Waals surface area (Å²) in [7, 11) is 0. The minimum atomic E-state index is -0.302. The number of aromatic nitrogens is 1. The second-order valence-electron chi connectivity index (χ2n) is 3.82. The predicted octanol–water partition coefficient (Wildman–Crippen LogP) is 3.27. The Morgan fingerprint density at radius 3 is 2.56 bits per heavy atom. The van der Waals surface area contributed by atoms with Gasteiger partial charge in [0.15, 0.2) is 11.7 Å². The lowest BCUT2D eigenvalue weighted by molar-refractivity contribution is 0.112. The molecular formula is C13H9Cl2NO2. The number of nitrogens with zero attached hydrogens (tertiary/aromatic N) is 1. The van der Waals surface area contributed by atoms with Crippen molar-refractivity contribution in [3.05, 3.63) is 62.0 Å². The Balaban J connectivity index is 2.70. The first-order valence-electron chi connectivity index (χ1n) is 5.17. The molecule has 0 aliphatic carbocycles. The lowest BCUT2D eigenvalue weighted by Gasteiger charge is -2.13. The summed E-state index contributed by atoms with van der Waals surface area (Å²) in [5.41, 5.74) is 1.15. The van der Waals surface area contributed by atoms with Gasteiger partial charge in [0.1, 0.15) is 0 Å². The number of rotatable bonds is 2. The minimum Gasteiger partial charge on any atom is -0.319 e. The van der Waals surface area contributed by atoms with Gasteiger partial charge >= 0.3 is 0 Å². The van der Waals surface area contributed by atoms with Gasteiger partial charge in [0.05, 0.1) is 16.3 Å². The van der Waals surface area contributed by atoms with E-state index in [1.54, 1.807) is 29.7 Å². The van der Waals surface area contributed by atoms with E-state index in [1.807, 2.05) is 0 Å². The number of benzene rings is 1. The molecule has 18 heavy (non-hydrogen) atoms. The van der Waals surface area contributed by atoms with Crippen LogP contribution in [0.15, 0.2) is 35.3 Å². The van der Waals surface area contributed by atoms with Crippen LogP contribution in [0.5, 0.6) is 0 Å². The SMILES string of the molecule is Cc1cc(=O)c(C=O)cn1-c1ccc(Cl)cc1Cl. The smallest absolute Gasteiger partial charge is 0.192 e.